The molecule has 5 nitrogen and oxygen atoms in total. The van der Waals surface area contributed by atoms with Gasteiger partial charge in [-0.15, -0.1) is 0 Å². The summed E-state index contributed by atoms with van der Waals surface area (Å²) in [6, 6.07) is 12.8. The molecule has 7 heteroatoms. The Kier molecular flexibility index (Phi) is 7.46. The topological polar surface area (TPSA) is 75.6 Å². The number of aliphatic hydroxyl groups excluding tert-OH is 1. The fourth-order valence-electron chi connectivity index (χ4n) is 2.89. The molecule has 0 heterocycles. The van der Waals surface area contributed by atoms with E-state index >= 15 is 0 Å². The third-order valence-electron chi connectivity index (χ3n) is 4.26. The first-order chi connectivity index (χ1) is 12.4. The van der Waals surface area contributed by atoms with E-state index < -0.39 is 16.1 Å². The largest absolute Gasteiger partial charge is 0.497 e. The van der Waals surface area contributed by atoms with Gasteiger partial charge in [-0.05, 0) is 48.4 Å². The highest BCUT2D eigenvalue weighted by atomic mass is 35.5. The van der Waals surface area contributed by atoms with Gasteiger partial charge in [0.15, 0.2) is 0 Å². The van der Waals surface area contributed by atoms with Gasteiger partial charge in [-0.2, -0.15) is 0 Å². The molecule has 0 saturated heterocycles. The number of sulfonamides is 1. The highest BCUT2D eigenvalue weighted by molar-refractivity contribution is 7.89. The minimum Gasteiger partial charge on any atom is -0.497 e. The summed E-state index contributed by atoms with van der Waals surface area (Å²) in [7, 11) is -2.17. The van der Waals surface area contributed by atoms with Crippen molar-refractivity contribution in [3.05, 3.63) is 59.1 Å². The Bertz CT molecular complexity index is 791. The van der Waals surface area contributed by atoms with Crippen LogP contribution >= 0.6 is 11.6 Å². The Morgan fingerprint density at radius 3 is 2.23 bits per heavy atom. The van der Waals surface area contributed by atoms with Gasteiger partial charge >= 0.3 is 0 Å². The predicted octanol–water partition coefficient (Wildman–Crippen LogP) is 3.57. The summed E-state index contributed by atoms with van der Waals surface area (Å²) in [6.45, 7) is 1.72. The van der Waals surface area contributed by atoms with E-state index in [4.69, 9.17) is 16.3 Å². The molecule has 2 aromatic carbocycles. The molecule has 142 valence electrons. The number of methoxy groups -OCH3 is 1. The number of halogens is 1. The molecular formula is C19H24ClNO4S. The molecule has 2 N–H and O–H groups in total. The maximum Gasteiger partial charge on any atom is 0.240 e. The van der Waals surface area contributed by atoms with Gasteiger partial charge in [-0.25, -0.2) is 13.1 Å². The molecule has 0 saturated carbocycles. The Morgan fingerprint density at radius 2 is 1.73 bits per heavy atom. The van der Waals surface area contributed by atoms with Crippen molar-refractivity contribution in [3.8, 4) is 5.75 Å². The van der Waals surface area contributed by atoms with E-state index in [1.807, 2.05) is 31.2 Å². The molecule has 0 aliphatic heterocycles. The van der Waals surface area contributed by atoms with Gasteiger partial charge < -0.3 is 9.84 Å². The number of hydrogen-bond donors (Lipinski definition) is 2. The average Bonchev–Trinajstić information content (AvgIpc) is 2.65. The maximum absolute atomic E-state index is 12.7. The highest BCUT2D eigenvalue weighted by Crippen LogP contribution is 2.28. The minimum absolute atomic E-state index is 0.116. The molecule has 0 bridgehead atoms. The van der Waals surface area contributed by atoms with Crippen molar-refractivity contribution < 1.29 is 18.3 Å². The van der Waals surface area contributed by atoms with Gasteiger partial charge in [0.1, 0.15) is 5.75 Å². The van der Waals surface area contributed by atoms with Crippen LogP contribution in [0.3, 0.4) is 0 Å². The second-order valence-corrected chi connectivity index (χ2v) is 8.18. The molecule has 0 amide bonds. The third-order valence-corrected chi connectivity index (χ3v) is 6.01. The van der Waals surface area contributed by atoms with Crippen molar-refractivity contribution in [1.82, 2.24) is 4.72 Å². The molecule has 0 aliphatic rings. The number of nitrogens with one attached hydrogen (secondary N) is 1. The standard InChI is InChI=1S/C19H24ClNO4S/c1-3-4-18(14-5-9-16(25-2)10-6-14)19(13-22)21-26(23,24)17-11-7-15(20)8-12-17/h5-12,18-19,21-22H,3-4,13H2,1-2H3/t18-,19-/m1/s1. The molecule has 26 heavy (non-hydrogen) atoms. The first kappa shape index (κ1) is 20.7. The third kappa shape index (κ3) is 5.20. The van der Waals surface area contributed by atoms with Crippen LogP contribution in [0.1, 0.15) is 31.2 Å². The summed E-state index contributed by atoms with van der Waals surface area (Å²) in [6.07, 6.45) is 1.59. The van der Waals surface area contributed by atoms with Crippen molar-refractivity contribution in [3.63, 3.8) is 0 Å². The molecule has 2 atom stereocenters. The molecule has 0 spiro atoms. The molecule has 0 aromatic heterocycles. The van der Waals surface area contributed by atoms with E-state index in [1.54, 1.807) is 7.11 Å². The summed E-state index contributed by atoms with van der Waals surface area (Å²) in [5.74, 6) is 0.573. The lowest BCUT2D eigenvalue weighted by Gasteiger charge is -2.27. The molecule has 0 fully saturated rings. The van der Waals surface area contributed by atoms with Crippen LogP contribution in [0, 0.1) is 0 Å². The van der Waals surface area contributed by atoms with Crippen LogP contribution in [-0.4, -0.2) is 33.3 Å². The van der Waals surface area contributed by atoms with Crippen LogP contribution in [0.2, 0.25) is 5.02 Å². The van der Waals surface area contributed by atoms with Crippen molar-refractivity contribution in [1.29, 1.82) is 0 Å². The number of ether oxygens (including phenoxy) is 1. The zero-order valence-electron chi connectivity index (χ0n) is 14.9. The summed E-state index contributed by atoms with van der Waals surface area (Å²) in [4.78, 5) is 0.116. The SMILES string of the molecule is CCC[C@H](c1ccc(OC)cc1)[C@@H](CO)NS(=O)(=O)c1ccc(Cl)cc1. The van der Waals surface area contributed by atoms with Crippen LogP contribution in [0.25, 0.3) is 0 Å². The van der Waals surface area contributed by atoms with Crippen molar-refractivity contribution in [2.45, 2.75) is 36.6 Å². The van der Waals surface area contributed by atoms with Gasteiger partial charge in [0.2, 0.25) is 10.0 Å². The van der Waals surface area contributed by atoms with Crippen LogP contribution in [-0.2, 0) is 10.0 Å². The van der Waals surface area contributed by atoms with Crippen molar-refractivity contribution in [2.75, 3.05) is 13.7 Å². The summed E-state index contributed by atoms with van der Waals surface area (Å²) < 4.78 is 33.1. The van der Waals surface area contributed by atoms with Gasteiger partial charge in [0.05, 0.1) is 24.7 Å². The smallest absolute Gasteiger partial charge is 0.240 e. The summed E-state index contributed by atoms with van der Waals surface area (Å²) in [5, 5.41) is 10.3. The van der Waals surface area contributed by atoms with Crippen LogP contribution in [0.4, 0.5) is 0 Å². The summed E-state index contributed by atoms with van der Waals surface area (Å²) in [5.41, 5.74) is 0.950. The first-order valence-electron chi connectivity index (χ1n) is 8.44. The van der Waals surface area contributed by atoms with Gasteiger partial charge in [-0.1, -0.05) is 37.1 Å². The Morgan fingerprint density at radius 1 is 1.12 bits per heavy atom. The molecule has 2 rings (SSSR count). The molecule has 0 unspecified atom stereocenters. The van der Waals surface area contributed by atoms with Crippen LogP contribution in [0.15, 0.2) is 53.4 Å². The fourth-order valence-corrected chi connectivity index (χ4v) is 4.28. The molecule has 0 radical (unpaired) electrons. The van der Waals surface area contributed by atoms with Crippen molar-refractivity contribution in [2.24, 2.45) is 0 Å². The average molecular weight is 398 g/mol. The Balaban J connectivity index is 2.28. The number of aliphatic hydroxyl groups is 1. The Labute approximate surface area is 160 Å². The predicted molar refractivity (Wildman–Crippen MR) is 103 cm³/mol. The number of rotatable bonds is 9. The van der Waals surface area contributed by atoms with Gasteiger partial charge in [0, 0.05) is 10.9 Å². The van der Waals surface area contributed by atoms with E-state index in [0.29, 0.717) is 5.02 Å². The quantitative estimate of drug-likeness (QED) is 0.678. The van der Waals surface area contributed by atoms with E-state index in [-0.39, 0.29) is 17.4 Å². The van der Waals surface area contributed by atoms with Gasteiger partial charge in [0.25, 0.3) is 0 Å². The lowest BCUT2D eigenvalue weighted by Crippen LogP contribution is -2.41. The highest BCUT2D eigenvalue weighted by Gasteiger charge is 2.27. The molecular weight excluding hydrogens is 374 g/mol. The van der Waals surface area contributed by atoms with E-state index in [1.165, 1.54) is 24.3 Å². The van der Waals surface area contributed by atoms with Crippen LogP contribution in [0.5, 0.6) is 5.75 Å². The normalized spacial score (nSPS) is 14.0. The fraction of sp³-hybridized carbons (Fsp3) is 0.368. The zero-order chi connectivity index (χ0) is 19.2. The van der Waals surface area contributed by atoms with E-state index in [9.17, 15) is 13.5 Å². The second kappa shape index (κ2) is 9.37. The first-order valence-corrected chi connectivity index (χ1v) is 10.3. The second-order valence-electron chi connectivity index (χ2n) is 6.03. The molecule has 2 aromatic rings. The van der Waals surface area contributed by atoms with Crippen LogP contribution < -0.4 is 9.46 Å². The maximum atomic E-state index is 12.7. The Hall–Kier alpha value is -1.60. The number of hydrogen-bond acceptors (Lipinski definition) is 4. The monoisotopic (exact) mass is 397 g/mol. The minimum atomic E-state index is -3.77. The van der Waals surface area contributed by atoms with E-state index in [2.05, 4.69) is 4.72 Å². The number of benzene rings is 2. The lowest BCUT2D eigenvalue weighted by atomic mass is 9.88. The lowest BCUT2D eigenvalue weighted by molar-refractivity contribution is 0.234. The molecule has 0 aliphatic carbocycles. The van der Waals surface area contributed by atoms with Gasteiger partial charge in [-0.3, -0.25) is 0 Å². The summed E-state index contributed by atoms with van der Waals surface area (Å²) >= 11 is 5.83. The van der Waals surface area contributed by atoms with Crippen molar-refractivity contribution >= 4 is 21.6 Å². The zero-order valence-corrected chi connectivity index (χ0v) is 16.4. The van der Waals surface area contributed by atoms with E-state index in [0.717, 1.165) is 24.2 Å².